The highest BCUT2D eigenvalue weighted by molar-refractivity contribution is 5.46. The second-order valence-corrected chi connectivity index (χ2v) is 5.28. The summed E-state index contributed by atoms with van der Waals surface area (Å²) in [5.41, 5.74) is 2.85. The summed E-state index contributed by atoms with van der Waals surface area (Å²) >= 11 is 0. The highest BCUT2D eigenvalue weighted by Crippen LogP contribution is 2.23. The van der Waals surface area contributed by atoms with Crippen LogP contribution in [0, 0.1) is 0 Å². The van der Waals surface area contributed by atoms with Crippen molar-refractivity contribution in [2.75, 3.05) is 5.32 Å². The van der Waals surface area contributed by atoms with Crippen LogP contribution >= 0.6 is 0 Å². The van der Waals surface area contributed by atoms with Crippen LogP contribution in [0.25, 0.3) is 0 Å². The number of anilines is 1. The first-order valence-electron chi connectivity index (χ1n) is 5.80. The van der Waals surface area contributed by atoms with E-state index in [1.807, 2.05) is 0 Å². The third kappa shape index (κ3) is 3.58. The van der Waals surface area contributed by atoms with E-state index in [4.69, 9.17) is 0 Å². The lowest BCUT2D eigenvalue weighted by Crippen LogP contribution is -2.14. The molecular weight excluding hydrogens is 182 g/mol. The van der Waals surface area contributed by atoms with Gasteiger partial charge in [0.1, 0.15) is 0 Å². The molecular formula is C14H23N. The minimum atomic E-state index is 0.245. The van der Waals surface area contributed by atoms with Gasteiger partial charge in [-0.3, -0.25) is 0 Å². The van der Waals surface area contributed by atoms with Crippen molar-refractivity contribution >= 4 is 5.69 Å². The van der Waals surface area contributed by atoms with Gasteiger partial charge in [-0.2, -0.15) is 0 Å². The molecule has 1 unspecified atom stereocenters. The monoisotopic (exact) mass is 205 g/mol. The van der Waals surface area contributed by atoms with Gasteiger partial charge in [-0.25, -0.2) is 0 Å². The second-order valence-electron chi connectivity index (χ2n) is 5.28. The summed E-state index contributed by atoms with van der Waals surface area (Å²) in [5.74, 6) is 0. The Hall–Kier alpha value is -0.980. The van der Waals surface area contributed by atoms with Gasteiger partial charge in [-0.1, -0.05) is 39.8 Å². The number of hydrogen-bond donors (Lipinski definition) is 1. The Morgan fingerprint density at radius 1 is 1.13 bits per heavy atom. The Morgan fingerprint density at radius 2 is 1.67 bits per heavy atom. The lowest BCUT2D eigenvalue weighted by atomic mass is 9.87. The summed E-state index contributed by atoms with van der Waals surface area (Å²) in [4.78, 5) is 0. The summed E-state index contributed by atoms with van der Waals surface area (Å²) in [6, 6.07) is 9.32. The Bertz CT molecular complexity index is 292. The molecule has 1 heteroatoms. The summed E-state index contributed by atoms with van der Waals surface area (Å²) < 4.78 is 0. The molecule has 1 N–H and O–H groups in total. The van der Waals surface area contributed by atoms with Crippen LogP contribution in [-0.2, 0) is 5.41 Å². The molecule has 0 spiro atoms. The van der Waals surface area contributed by atoms with E-state index < -0.39 is 0 Å². The third-order valence-electron chi connectivity index (χ3n) is 2.78. The Balaban J connectivity index is 2.73. The first-order chi connectivity index (χ1) is 6.93. The SMILES string of the molecule is CCC(C)Nc1ccc(C(C)(C)C)cc1. The lowest BCUT2D eigenvalue weighted by molar-refractivity contribution is 0.590. The largest absolute Gasteiger partial charge is 0.383 e. The van der Waals surface area contributed by atoms with Gasteiger partial charge < -0.3 is 5.32 Å². The minimum Gasteiger partial charge on any atom is -0.383 e. The summed E-state index contributed by atoms with van der Waals surface area (Å²) in [5, 5.41) is 3.47. The maximum atomic E-state index is 3.47. The fourth-order valence-electron chi connectivity index (χ4n) is 1.45. The van der Waals surface area contributed by atoms with Crippen molar-refractivity contribution in [2.24, 2.45) is 0 Å². The van der Waals surface area contributed by atoms with Crippen LogP contribution in [-0.4, -0.2) is 6.04 Å². The Morgan fingerprint density at radius 3 is 2.07 bits per heavy atom. The van der Waals surface area contributed by atoms with Crippen molar-refractivity contribution in [1.82, 2.24) is 0 Å². The van der Waals surface area contributed by atoms with E-state index in [0.29, 0.717) is 6.04 Å². The predicted octanol–water partition coefficient (Wildman–Crippen LogP) is 4.19. The second kappa shape index (κ2) is 4.69. The number of benzene rings is 1. The van der Waals surface area contributed by atoms with Crippen LogP contribution < -0.4 is 5.32 Å². The van der Waals surface area contributed by atoms with Crippen LogP contribution in [0.1, 0.15) is 46.6 Å². The molecule has 1 atom stereocenters. The van der Waals surface area contributed by atoms with Crippen LogP contribution in [0.3, 0.4) is 0 Å². The molecule has 0 bridgehead atoms. The van der Waals surface area contributed by atoms with Crippen molar-refractivity contribution in [3.63, 3.8) is 0 Å². The normalized spacial score (nSPS) is 13.7. The molecule has 0 aliphatic rings. The molecule has 0 radical (unpaired) electrons. The van der Waals surface area contributed by atoms with Gasteiger partial charge in [-0.05, 0) is 36.5 Å². The van der Waals surface area contributed by atoms with Crippen molar-refractivity contribution in [2.45, 2.75) is 52.5 Å². The minimum absolute atomic E-state index is 0.245. The van der Waals surface area contributed by atoms with E-state index in [9.17, 15) is 0 Å². The number of hydrogen-bond acceptors (Lipinski definition) is 1. The molecule has 0 aliphatic heterocycles. The first kappa shape index (κ1) is 12.1. The van der Waals surface area contributed by atoms with Crippen LogP contribution in [0.15, 0.2) is 24.3 Å². The maximum absolute atomic E-state index is 3.47. The highest BCUT2D eigenvalue weighted by Gasteiger charge is 2.12. The molecule has 0 aromatic heterocycles. The third-order valence-corrected chi connectivity index (χ3v) is 2.78. The van der Waals surface area contributed by atoms with E-state index in [-0.39, 0.29) is 5.41 Å². The molecule has 1 aromatic carbocycles. The van der Waals surface area contributed by atoms with Gasteiger partial charge in [-0.15, -0.1) is 0 Å². The zero-order chi connectivity index (χ0) is 11.5. The smallest absolute Gasteiger partial charge is 0.0342 e. The van der Waals surface area contributed by atoms with Crippen molar-refractivity contribution in [1.29, 1.82) is 0 Å². The Labute approximate surface area is 93.9 Å². The fourth-order valence-corrected chi connectivity index (χ4v) is 1.45. The lowest BCUT2D eigenvalue weighted by Gasteiger charge is -2.20. The van der Waals surface area contributed by atoms with Crippen LogP contribution in [0.4, 0.5) is 5.69 Å². The van der Waals surface area contributed by atoms with E-state index in [2.05, 4.69) is 64.2 Å². The quantitative estimate of drug-likeness (QED) is 0.780. The molecule has 0 amide bonds. The van der Waals surface area contributed by atoms with Crippen molar-refractivity contribution in [3.05, 3.63) is 29.8 Å². The number of nitrogens with one attached hydrogen (secondary N) is 1. The van der Waals surface area contributed by atoms with Gasteiger partial charge in [0, 0.05) is 11.7 Å². The zero-order valence-corrected chi connectivity index (χ0v) is 10.6. The molecule has 1 nitrogen and oxygen atoms in total. The molecule has 0 aliphatic carbocycles. The van der Waals surface area contributed by atoms with Crippen LogP contribution in [0.2, 0.25) is 0 Å². The molecule has 0 heterocycles. The topological polar surface area (TPSA) is 12.0 Å². The van der Waals surface area contributed by atoms with E-state index >= 15 is 0 Å². The molecule has 0 saturated carbocycles. The molecule has 0 saturated heterocycles. The van der Waals surface area contributed by atoms with Gasteiger partial charge in [0.25, 0.3) is 0 Å². The van der Waals surface area contributed by atoms with Gasteiger partial charge >= 0.3 is 0 Å². The number of rotatable bonds is 3. The maximum Gasteiger partial charge on any atom is 0.0342 e. The molecule has 15 heavy (non-hydrogen) atoms. The summed E-state index contributed by atoms with van der Waals surface area (Å²) in [7, 11) is 0. The summed E-state index contributed by atoms with van der Waals surface area (Å²) in [6.45, 7) is 11.1. The van der Waals surface area contributed by atoms with E-state index in [1.54, 1.807) is 0 Å². The molecule has 1 rings (SSSR count). The highest BCUT2D eigenvalue weighted by atomic mass is 14.9. The van der Waals surface area contributed by atoms with Gasteiger partial charge in [0.05, 0.1) is 0 Å². The van der Waals surface area contributed by atoms with Crippen molar-refractivity contribution < 1.29 is 0 Å². The predicted molar refractivity (Wildman–Crippen MR) is 68.5 cm³/mol. The summed E-state index contributed by atoms with van der Waals surface area (Å²) in [6.07, 6.45) is 1.15. The average Bonchev–Trinajstić information content (AvgIpc) is 2.17. The average molecular weight is 205 g/mol. The standard InChI is InChI=1S/C14H23N/c1-6-11(2)15-13-9-7-12(8-10-13)14(3,4)5/h7-11,15H,6H2,1-5H3. The van der Waals surface area contributed by atoms with Crippen molar-refractivity contribution in [3.8, 4) is 0 Å². The van der Waals surface area contributed by atoms with Gasteiger partial charge in [0.15, 0.2) is 0 Å². The van der Waals surface area contributed by atoms with E-state index in [1.165, 1.54) is 11.3 Å². The van der Waals surface area contributed by atoms with Gasteiger partial charge in [0.2, 0.25) is 0 Å². The van der Waals surface area contributed by atoms with E-state index in [0.717, 1.165) is 6.42 Å². The fraction of sp³-hybridized carbons (Fsp3) is 0.571. The molecule has 1 aromatic rings. The zero-order valence-electron chi connectivity index (χ0n) is 10.6. The van der Waals surface area contributed by atoms with Crippen LogP contribution in [0.5, 0.6) is 0 Å². The molecule has 84 valence electrons. The Kier molecular flexibility index (Phi) is 3.78. The first-order valence-corrected chi connectivity index (χ1v) is 5.80. The molecule has 0 fully saturated rings.